The maximum absolute atomic E-state index is 11.0. The number of hydrogen-bond donors (Lipinski definition) is 1. The van der Waals surface area contributed by atoms with Gasteiger partial charge in [-0.2, -0.15) is 0 Å². The van der Waals surface area contributed by atoms with Gasteiger partial charge in [0.25, 0.3) is 0 Å². The quantitative estimate of drug-likeness (QED) is 0.794. The van der Waals surface area contributed by atoms with Crippen molar-refractivity contribution in [3.8, 4) is 10.8 Å². The molecular weight excluding hydrogens is 312 g/mol. The predicted molar refractivity (Wildman–Crippen MR) is 88.3 cm³/mol. The summed E-state index contributed by atoms with van der Waals surface area (Å²) >= 11 is 1.61. The van der Waals surface area contributed by atoms with Crippen molar-refractivity contribution in [3.63, 3.8) is 0 Å². The monoisotopic (exact) mass is 328 g/mol. The Morgan fingerprint density at radius 2 is 2.22 bits per heavy atom. The number of carbonyl (C=O) groups is 1. The van der Waals surface area contributed by atoms with E-state index in [9.17, 15) is 4.79 Å². The van der Waals surface area contributed by atoms with Gasteiger partial charge in [0.1, 0.15) is 5.76 Å². The number of hydrogen-bond acceptors (Lipinski definition) is 5. The average molecular weight is 328 g/mol. The largest absolute Gasteiger partial charge is 0.481 e. The molecule has 0 radical (unpaired) electrons. The summed E-state index contributed by atoms with van der Waals surface area (Å²) in [4.78, 5) is 17.7. The Hall–Kier alpha value is -2.18. The van der Waals surface area contributed by atoms with Crippen LogP contribution in [0.5, 0.6) is 0 Å². The number of furan rings is 1. The van der Waals surface area contributed by atoms with E-state index in [0.29, 0.717) is 19.5 Å². The van der Waals surface area contributed by atoms with E-state index in [1.165, 1.54) is 0 Å². The first-order valence-electron chi connectivity index (χ1n) is 7.59. The molecule has 3 aromatic rings. The van der Waals surface area contributed by atoms with Crippen LogP contribution in [0.4, 0.5) is 0 Å². The number of carboxylic acids is 1. The summed E-state index contributed by atoms with van der Waals surface area (Å²) in [7, 11) is 0. The lowest BCUT2D eigenvalue weighted by Gasteiger charge is -2.12. The number of fused-ring (bicyclic) bond motifs is 1. The Labute approximate surface area is 137 Å². The van der Waals surface area contributed by atoms with Crippen LogP contribution in [0.15, 0.2) is 40.8 Å². The fraction of sp³-hybridized carbons (Fsp3) is 0.294. The molecule has 5 nitrogen and oxygen atoms in total. The van der Waals surface area contributed by atoms with Crippen LogP contribution in [0.3, 0.4) is 0 Å². The van der Waals surface area contributed by atoms with Crippen molar-refractivity contribution in [1.82, 2.24) is 9.88 Å². The lowest BCUT2D eigenvalue weighted by Crippen LogP contribution is -2.22. The molecule has 0 bridgehead atoms. The van der Waals surface area contributed by atoms with Gasteiger partial charge in [-0.05, 0) is 37.2 Å². The highest BCUT2D eigenvalue weighted by Gasteiger charge is 2.28. The Bertz CT molecular complexity index is 821. The zero-order valence-corrected chi connectivity index (χ0v) is 13.3. The average Bonchev–Trinajstić information content (AvgIpc) is 3.25. The van der Waals surface area contributed by atoms with E-state index >= 15 is 0 Å². The minimum absolute atomic E-state index is 0.256. The van der Waals surface area contributed by atoms with Crippen LogP contribution in [0.25, 0.3) is 21.0 Å². The molecule has 2 aromatic heterocycles. The molecule has 1 aliphatic rings. The molecule has 1 N–H and O–H groups in total. The van der Waals surface area contributed by atoms with E-state index in [-0.39, 0.29) is 5.92 Å². The number of nitrogens with zero attached hydrogens (tertiary/aromatic N) is 2. The summed E-state index contributed by atoms with van der Waals surface area (Å²) in [6, 6.07) is 11.9. The number of thiazole rings is 1. The van der Waals surface area contributed by atoms with Crippen LogP contribution in [0.1, 0.15) is 12.2 Å². The summed E-state index contributed by atoms with van der Waals surface area (Å²) in [6.07, 6.45) is 0.709. The van der Waals surface area contributed by atoms with Crippen LogP contribution in [0, 0.1) is 5.92 Å². The summed E-state index contributed by atoms with van der Waals surface area (Å²) in [6.45, 7) is 2.04. The normalized spacial score (nSPS) is 18.7. The number of para-hydroxylation sites is 1. The molecule has 1 unspecified atom stereocenters. The molecule has 118 valence electrons. The molecule has 0 aliphatic carbocycles. The molecular formula is C17H16N2O3S. The fourth-order valence-electron chi connectivity index (χ4n) is 2.95. The van der Waals surface area contributed by atoms with E-state index < -0.39 is 5.97 Å². The third-order valence-electron chi connectivity index (χ3n) is 4.17. The summed E-state index contributed by atoms with van der Waals surface area (Å²) in [5.41, 5.74) is 0.981. The molecule has 0 amide bonds. The number of rotatable bonds is 4. The second-order valence-electron chi connectivity index (χ2n) is 5.81. The number of carboxylic acid groups (broad SMARTS) is 1. The summed E-state index contributed by atoms with van der Waals surface area (Å²) < 4.78 is 7.06. The van der Waals surface area contributed by atoms with E-state index in [1.807, 2.05) is 30.3 Å². The fourth-order valence-corrected chi connectivity index (χ4v) is 3.88. The highest BCUT2D eigenvalue weighted by molar-refractivity contribution is 7.21. The van der Waals surface area contributed by atoms with Gasteiger partial charge in [0.2, 0.25) is 0 Å². The smallest absolute Gasteiger partial charge is 0.307 e. The molecule has 23 heavy (non-hydrogen) atoms. The lowest BCUT2D eigenvalue weighted by molar-refractivity contribution is -0.141. The Morgan fingerprint density at radius 3 is 3.00 bits per heavy atom. The minimum Gasteiger partial charge on any atom is -0.481 e. The lowest BCUT2D eigenvalue weighted by atomic mass is 10.1. The summed E-state index contributed by atoms with van der Waals surface area (Å²) in [5, 5.41) is 9.94. The Morgan fingerprint density at radius 1 is 1.35 bits per heavy atom. The molecule has 1 saturated heterocycles. The highest BCUT2D eigenvalue weighted by atomic mass is 32.1. The molecule has 1 aliphatic heterocycles. The first-order chi connectivity index (χ1) is 11.2. The Balaban J connectivity index is 1.49. The van der Waals surface area contributed by atoms with Crippen molar-refractivity contribution in [2.24, 2.45) is 5.92 Å². The minimum atomic E-state index is -0.706. The maximum Gasteiger partial charge on any atom is 0.307 e. The summed E-state index contributed by atoms with van der Waals surface area (Å²) in [5.74, 6) is 0.663. The molecule has 1 fully saturated rings. The second-order valence-corrected chi connectivity index (χ2v) is 6.84. The van der Waals surface area contributed by atoms with Gasteiger partial charge >= 0.3 is 5.97 Å². The van der Waals surface area contributed by atoms with Crippen molar-refractivity contribution in [1.29, 1.82) is 0 Å². The van der Waals surface area contributed by atoms with Crippen LogP contribution >= 0.6 is 11.3 Å². The van der Waals surface area contributed by atoms with Gasteiger partial charge < -0.3 is 9.52 Å². The standard InChI is InChI=1S/C17H16N2O3S/c20-17(21)11-7-8-19(9-11)10-12-5-6-14(22-12)16-18-13-3-1-2-4-15(13)23-16/h1-6,11H,7-10H2,(H,20,21). The van der Waals surface area contributed by atoms with Crippen LogP contribution in [-0.4, -0.2) is 34.0 Å². The van der Waals surface area contributed by atoms with Gasteiger partial charge in [0, 0.05) is 6.54 Å². The topological polar surface area (TPSA) is 66.6 Å². The molecule has 1 atom stereocenters. The SMILES string of the molecule is O=C(O)C1CCN(Cc2ccc(-c3nc4ccccc4s3)o2)C1. The number of likely N-dealkylation sites (tertiary alicyclic amines) is 1. The van der Waals surface area contributed by atoms with Gasteiger partial charge in [0.15, 0.2) is 10.8 Å². The third kappa shape index (κ3) is 2.87. The molecule has 0 saturated carbocycles. The second kappa shape index (κ2) is 5.79. The number of aliphatic carboxylic acids is 1. The van der Waals surface area contributed by atoms with Crippen LogP contribution < -0.4 is 0 Å². The van der Waals surface area contributed by atoms with E-state index in [2.05, 4.69) is 16.0 Å². The van der Waals surface area contributed by atoms with Gasteiger partial charge in [-0.25, -0.2) is 4.98 Å². The molecule has 3 heterocycles. The van der Waals surface area contributed by atoms with Gasteiger partial charge in [-0.3, -0.25) is 9.69 Å². The van der Waals surface area contributed by atoms with E-state index in [4.69, 9.17) is 9.52 Å². The van der Waals surface area contributed by atoms with Crippen molar-refractivity contribution < 1.29 is 14.3 Å². The van der Waals surface area contributed by atoms with E-state index in [1.54, 1.807) is 11.3 Å². The zero-order valence-electron chi connectivity index (χ0n) is 12.4. The Kier molecular flexibility index (Phi) is 3.63. The predicted octanol–water partition coefficient (Wildman–Crippen LogP) is 3.46. The van der Waals surface area contributed by atoms with Crippen molar-refractivity contribution >= 4 is 27.5 Å². The molecule has 6 heteroatoms. The van der Waals surface area contributed by atoms with Gasteiger partial charge in [-0.1, -0.05) is 12.1 Å². The van der Waals surface area contributed by atoms with Crippen molar-refractivity contribution in [2.75, 3.05) is 13.1 Å². The highest BCUT2D eigenvalue weighted by Crippen LogP contribution is 2.31. The maximum atomic E-state index is 11.0. The number of benzene rings is 1. The zero-order chi connectivity index (χ0) is 15.8. The first kappa shape index (κ1) is 14.4. The molecule has 0 spiro atoms. The van der Waals surface area contributed by atoms with Crippen molar-refractivity contribution in [3.05, 3.63) is 42.2 Å². The van der Waals surface area contributed by atoms with Crippen LogP contribution in [0.2, 0.25) is 0 Å². The van der Waals surface area contributed by atoms with Gasteiger partial charge in [0.05, 0.1) is 22.7 Å². The number of aromatic nitrogens is 1. The molecule has 4 rings (SSSR count). The van der Waals surface area contributed by atoms with Crippen molar-refractivity contribution in [2.45, 2.75) is 13.0 Å². The third-order valence-corrected chi connectivity index (χ3v) is 5.22. The first-order valence-corrected chi connectivity index (χ1v) is 8.40. The van der Waals surface area contributed by atoms with Gasteiger partial charge in [-0.15, -0.1) is 11.3 Å². The van der Waals surface area contributed by atoms with Crippen LogP contribution in [-0.2, 0) is 11.3 Å². The molecule has 1 aromatic carbocycles. The van der Waals surface area contributed by atoms with E-state index in [0.717, 1.165) is 33.3 Å².